The molecule has 4 unspecified atom stereocenters. The molecule has 232 valence electrons. The summed E-state index contributed by atoms with van der Waals surface area (Å²) < 4.78 is 2.46. The van der Waals surface area contributed by atoms with Gasteiger partial charge in [-0.05, 0) is 76.4 Å². The molecule has 1 spiro atoms. The van der Waals surface area contributed by atoms with Crippen LogP contribution in [0.2, 0.25) is 0 Å². The Hall–Kier alpha value is -2.78. The van der Waals surface area contributed by atoms with Gasteiger partial charge in [0.1, 0.15) is 11.6 Å². The normalized spacial score (nSPS) is 29.5. The lowest BCUT2D eigenvalue weighted by Gasteiger charge is -2.80. The lowest BCUT2D eigenvalue weighted by atomic mass is 9.40. The lowest BCUT2D eigenvalue weighted by molar-refractivity contribution is -0.295. The molecule has 5 fully saturated rings. The van der Waals surface area contributed by atoms with E-state index in [2.05, 4.69) is 75.3 Å². The Labute approximate surface area is 256 Å². The van der Waals surface area contributed by atoms with Gasteiger partial charge in [-0.2, -0.15) is 0 Å². The van der Waals surface area contributed by atoms with Crippen LogP contribution in [0.3, 0.4) is 0 Å². The van der Waals surface area contributed by atoms with Crippen LogP contribution < -0.4 is 10.6 Å². The number of carbonyl (C=O) groups is 2. The quantitative estimate of drug-likeness (QED) is 0.413. The van der Waals surface area contributed by atoms with Crippen LogP contribution in [0, 0.1) is 24.2 Å². The van der Waals surface area contributed by atoms with E-state index in [1.54, 1.807) is 0 Å². The molecule has 2 aromatic rings. The highest BCUT2D eigenvalue weighted by molar-refractivity contribution is 5.84. The predicted octanol–water partition coefficient (Wildman–Crippen LogP) is 3.97. The van der Waals surface area contributed by atoms with Crippen LogP contribution >= 0.6 is 0 Å². The first-order chi connectivity index (χ1) is 20.9. The van der Waals surface area contributed by atoms with Gasteiger partial charge in [-0.25, -0.2) is 0 Å². The minimum Gasteiger partial charge on any atom is -0.349 e. The van der Waals surface area contributed by atoms with Crippen molar-refractivity contribution in [1.29, 1.82) is 0 Å². The Morgan fingerprint density at radius 2 is 1.81 bits per heavy atom. The van der Waals surface area contributed by atoms with Crippen molar-refractivity contribution in [3.8, 4) is 0 Å². The number of likely N-dealkylation sites (tertiary alicyclic amines) is 2. The zero-order valence-electron chi connectivity index (χ0n) is 26.2. The van der Waals surface area contributed by atoms with E-state index < -0.39 is 0 Å². The van der Waals surface area contributed by atoms with Crippen LogP contribution in [-0.4, -0.2) is 81.2 Å². The summed E-state index contributed by atoms with van der Waals surface area (Å²) in [6, 6.07) is 12.2. The Morgan fingerprint density at radius 1 is 1.05 bits per heavy atom. The van der Waals surface area contributed by atoms with Crippen molar-refractivity contribution in [2.75, 3.05) is 32.7 Å². The van der Waals surface area contributed by atoms with Gasteiger partial charge in [0.05, 0.1) is 12.0 Å². The van der Waals surface area contributed by atoms with Crippen molar-refractivity contribution in [1.82, 2.24) is 35.2 Å². The number of hydrogen-bond donors (Lipinski definition) is 2. The second-order valence-corrected chi connectivity index (χ2v) is 14.3. The number of piperidine rings is 3. The number of aryl methyl sites for hydroxylation is 1. The van der Waals surface area contributed by atoms with Gasteiger partial charge in [-0.15, -0.1) is 10.2 Å². The van der Waals surface area contributed by atoms with Gasteiger partial charge in [-0.3, -0.25) is 14.5 Å². The summed E-state index contributed by atoms with van der Waals surface area (Å²) in [7, 11) is 0. The van der Waals surface area contributed by atoms with E-state index in [0.29, 0.717) is 54.9 Å². The second-order valence-electron chi connectivity index (χ2n) is 14.3. The zero-order chi connectivity index (χ0) is 29.7. The molecule has 9 heteroatoms. The van der Waals surface area contributed by atoms with Gasteiger partial charge in [0.25, 0.3) is 0 Å². The van der Waals surface area contributed by atoms with Crippen molar-refractivity contribution in [2.45, 2.75) is 102 Å². The fraction of sp³-hybridized carbons (Fsp3) is 0.706. The molecule has 3 aliphatic heterocycles. The lowest BCUT2D eigenvalue weighted by Crippen LogP contribution is -2.85. The molecule has 5 aliphatic rings. The summed E-state index contributed by atoms with van der Waals surface area (Å²) in [4.78, 5) is 30.7. The molecule has 2 N–H and O–H groups in total. The van der Waals surface area contributed by atoms with Crippen molar-refractivity contribution in [3.05, 3.63) is 47.5 Å². The van der Waals surface area contributed by atoms with E-state index in [1.165, 1.54) is 37.7 Å². The third-order valence-electron chi connectivity index (χ3n) is 11.7. The number of amides is 2. The smallest absolute Gasteiger partial charge is 0.227 e. The molecule has 7 rings (SSSR count). The summed E-state index contributed by atoms with van der Waals surface area (Å²) >= 11 is 0. The molecule has 2 aliphatic carbocycles. The van der Waals surface area contributed by atoms with Crippen molar-refractivity contribution in [2.24, 2.45) is 17.3 Å². The van der Waals surface area contributed by atoms with E-state index in [9.17, 15) is 9.59 Å². The van der Waals surface area contributed by atoms with Crippen LogP contribution in [0.4, 0.5) is 0 Å². The van der Waals surface area contributed by atoms with Gasteiger partial charge in [0.2, 0.25) is 11.8 Å². The van der Waals surface area contributed by atoms with E-state index in [0.717, 1.165) is 44.1 Å². The maximum atomic E-state index is 13.4. The molecule has 5 atom stereocenters. The number of rotatable bonds is 11. The Bertz CT molecular complexity index is 1310. The molecule has 2 saturated carbocycles. The SMILES string of the molecule is Cc1nnc(C(C)C)n1C1CC2N(CC[C@H](NC(=O)C3CN(C(=O)CCC4CCNCC4)C3)c3ccccc3)C3CCC321. The topological polar surface area (TPSA) is 95.4 Å². The second kappa shape index (κ2) is 11.6. The summed E-state index contributed by atoms with van der Waals surface area (Å²) in [6.45, 7) is 10.8. The summed E-state index contributed by atoms with van der Waals surface area (Å²) in [6.07, 6.45) is 8.55. The molecule has 1 aromatic heterocycles. The maximum Gasteiger partial charge on any atom is 0.227 e. The predicted molar refractivity (Wildman–Crippen MR) is 165 cm³/mol. The summed E-state index contributed by atoms with van der Waals surface area (Å²) in [5.41, 5.74) is 1.55. The first kappa shape index (κ1) is 29.0. The first-order valence-electron chi connectivity index (χ1n) is 16.9. The van der Waals surface area contributed by atoms with Crippen LogP contribution in [0.15, 0.2) is 30.3 Å². The van der Waals surface area contributed by atoms with Crippen molar-refractivity contribution < 1.29 is 9.59 Å². The molecule has 1 aromatic carbocycles. The Kier molecular flexibility index (Phi) is 7.83. The number of aromatic nitrogens is 3. The molecular formula is C34H49N7O2. The Balaban J connectivity index is 0.932. The van der Waals surface area contributed by atoms with E-state index in [-0.39, 0.29) is 23.8 Å². The average Bonchev–Trinajstić information content (AvgIpc) is 3.34. The minimum atomic E-state index is -0.105. The highest BCUT2D eigenvalue weighted by atomic mass is 16.2. The number of hydrogen-bond acceptors (Lipinski definition) is 6. The number of nitrogens with one attached hydrogen (secondary N) is 2. The van der Waals surface area contributed by atoms with E-state index >= 15 is 0 Å². The highest BCUT2D eigenvalue weighted by Gasteiger charge is 2.75. The Morgan fingerprint density at radius 3 is 2.49 bits per heavy atom. The van der Waals surface area contributed by atoms with Crippen LogP contribution in [0.25, 0.3) is 0 Å². The summed E-state index contributed by atoms with van der Waals surface area (Å²) in [5, 5.41) is 15.8. The fourth-order valence-electron chi connectivity index (χ4n) is 9.05. The standard InChI is InChI=1S/C34H49N7O2/c1-22(2)32-38-37-23(3)41(32)30-19-29-34(30)15-11-28(34)40(29)18-14-27(25-7-5-4-6-8-25)36-33(43)26-20-39(21-26)31(42)10-9-24-12-16-35-17-13-24/h4-8,22,24,26-30,35H,9-21H2,1-3H3,(H,36,43)/t27-,28?,29?,30?,34?/m0/s1. The number of carbonyl (C=O) groups excluding carboxylic acids is 2. The monoisotopic (exact) mass is 587 g/mol. The molecule has 4 heterocycles. The third kappa shape index (κ3) is 5.00. The molecule has 3 saturated heterocycles. The zero-order valence-corrected chi connectivity index (χ0v) is 26.2. The maximum absolute atomic E-state index is 13.4. The highest BCUT2D eigenvalue weighted by Crippen LogP contribution is 2.73. The van der Waals surface area contributed by atoms with E-state index in [4.69, 9.17) is 0 Å². The van der Waals surface area contributed by atoms with Crippen LogP contribution in [0.5, 0.6) is 0 Å². The minimum absolute atomic E-state index is 0.0167. The molecule has 2 amide bonds. The number of benzene rings is 1. The molecule has 9 nitrogen and oxygen atoms in total. The summed E-state index contributed by atoms with van der Waals surface area (Å²) in [5.74, 6) is 3.41. The average molecular weight is 588 g/mol. The third-order valence-corrected chi connectivity index (χ3v) is 11.7. The number of nitrogens with zero attached hydrogens (tertiary/aromatic N) is 5. The van der Waals surface area contributed by atoms with E-state index in [1.807, 2.05) is 11.0 Å². The fourth-order valence-corrected chi connectivity index (χ4v) is 9.05. The molecular weight excluding hydrogens is 538 g/mol. The van der Waals surface area contributed by atoms with Gasteiger partial charge in [0.15, 0.2) is 0 Å². The largest absolute Gasteiger partial charge is 0.349 e. The van der Waals surface area contributed by atoms with Crippen molar-refractivity contribution >= 4 is 11.8 Å². The molecule has 0 radical (unpaired) electrons. The van der Waals surface area contributed by atoms with Gasteiger partial charge >= 0.3 is 0 Å². The van der Waals surface area contributed by atoms with Gasteiger partial charge in [-0.1, -0.05) is 44.2 Å². The molecule has 43 heavy (non-hydrogen) atoms. The molecule has 0 bridgehead atoms. The van der Waals surface area contributed by atoms with Gasteiger partial charge < -0.3 is 20.1 Å². The van der Waals surface area contributed by atoms with Crippen LogP contribution in [0.1, 0.15) is 100 Å². The first-order valence-corrected chi connectivity index (χ1v) is 16.9. The van der Waals surface area contributed by atoms with Crippen LogP contribution in [-0.2, 0) is 9.59 Å². The van der Waals surface area contributed by atoms with Crippen molar-refractivity contribution in [3.63, 3.8) is 0 Å². The van der Waals surface area contributed by atoms with Gasteiger partial charge in [0, 0.05) is 55.5 Å².